The summed E-state index contributed by atoms with van der Waals surface area (Å²) >= 11 is 0. The molecule has 2 rings (SSSR count). The number of rotatable bonds is 4. The molecule has 2 aromatic rings. The first-order valence-corrected chi connectivity index (χ1v) is 7.15. The van der Waals surface area contributed by atoms with Crippen LogP contribution in [-0.2, 0) is 9.59 Å². The predicted molar refractivity (Wildman–Crippen MR) is 88.9 cm³/mol. The molecule has 5 nitrogen and oxygen atoms in total. The predicted octanol–water partition coefficient (Wildman–Crippen LogP) is 3.14. The van der Waals surface area contributed by atoms with Gasteiger partial charge in [0.05, 0.1) is 11.6 Å². The van der Waals surface area contributed by atoms with Crippen LogP contribution in [0.15, 0.2) is 42.5 Å². The molecule has 0 aliphatic heterocycles. The molecule has 0 aromatic heterocycles. The Morgan fingerprint density at radius 1 is 0.913 bits per heavy atom. The number of carbonyl (C=O) groups is 2. The van der Waals surface area contributed by atoms with Crippen molar-refractivity contribution in [1.82, 2.24) is 0 Å². The third-order valence-electron chi connectivity index (χ3n) is 3.41. The largest absolute Gasteiger partial charge is 0.326 e. The van der Waals surface area contributed by atoms with Crippen molar-refractivity contribution in [3.8, 4) is 6.07 Å². The molecular weight excluding hydrogens is 290 g/mol. The van der Waals surface area contributed by atoms with Gasteiger partial charge in [-0.1, -0.05) is 6.07 Å². The van der Waals surface area contributed by atoms with Crippen LogP contribution in [-0.4, -0.2) is 11.8 Å². The molecule has 116 valence electrons. The highest BCUT2D eigenvalue weighted by Gasteiger charge is 2.10. The average molecular weight is 307 g/mol. The first-order valence-electron chi connectivity index (χ1n) is 7.15. The summed E-state index contributed by atoms with van der Waals surface area (Å²) in [5.74, 6) is -0.782. The maximum absolute atomic E-state index is 11.9. The number of nitrogens with one attached hydrogen (secondary N) is 2. The summed E-state index contributed by atoms with van der Waals surface area (Å²) in [5.41, 5.74) is 3.94. The lowest BCUT2D eigenvalue weighted by atomic mass is 10.1. The Hall–Kier alpha value is -3.13. The monoisotopic (exact) mass is 307 g/mol. The van der Waals surface area contributed by atoms with Gasteiger partial charge in [-0.25, -0.2) is 0 Å². The molecule has 0 spiro atoms. The minimum absolute atomic E-state index is 0.271. The first kappa shape index (κ1) is 16.2. The van der Waals surface area contributed by atoms with Gasteiger partial charge in [0, 0.05) is 11.4 Å². The van der Waals surface area contributed by atoms with Gasteiger partial charge in [-0.3, -0.25) is 9.59 Å². The second-order valence-electron chi connectivity index (χ2n) is 5.26. The Balaban J connectivity index is 1.90. The summed E-state index contributed by atoms with van der Waals surface area (Å²) in [4.78, 5) is 23.7. The summed E-state index contributed by atoms with van der Waals surface area (Å²) in [6, 6.07) is 14.0. The number of nitrogens with zero attached hydrogens (tertiary/aromatic N) is 1. The molecule has 0 saturated heterocycles. The molecular formula is C18H17N3O2. The van der Waals surface area contributed by atoms with Gasteiger partial charge in [0.15, 0.2) is 0 Å². The van der Waals surface area contributed by atoms with Gasteiger partial charge < -0.3 is 10.6 Å². The summed E-state index contributed by atoms with van der Waals surface area (Å²) in [7, 11) is 0. The van der Waals surface area contributed by atoms with Crippen molar-refractivity contribution in [3.63, 3.8) is 0 Å². The number of hydrogen-bond acceptors (Lipinski definition) is 3. The van der Waals surface area contributed by atoms with Crippen molar-refractivity contribution in [2.45, 2.75) is 20.3 Å². The van der Waals surface area contributed by atoms with Crippen LogP contribution in [0.5, 0.6) is 0 Å². The van der Waals surface area contributed by atoms with Crippen molar-refractivity contribution < 1.29 is 9.59 Å². The quantitative estimate of drug-likeness (QED) is 0.851. The van der Waals surface area contributed by atoms with E-state index in [2.05, 4.69) is 10.6 Å². The molecule has 0 saturated carbocycles. The number of anilines is 2. The summed E-state index contributed by atoms with van der Waals surface area (Å²) in [6.07, 6.45) is -0.271. The van der Waals surface area contributed by atoms with Gasteiger partial charge in [-0.15, -0.1) is 0 Å². The molecule has 2 N–H and O–H groups in total. The highest BCUT2D eigenvalue weighted by molar-refractivity contribution is 6.08. The zero-order chi connectivity index (χ0) is 16.8. The smallest absolute Gasteiger partial charge is 0.233 e. The third kappa shape index (κ3) is 4.68. The van der Waals surface area contributed by atoms with E-state index in [1.165, 1.54) is 0 Å². The topological polar surface area (TPSA) is 82.0 Å². The van der Waals surface area contributed by atoms with Crippen LogP contribution in [0.1, 0.15) is 23.1 Å². The minimum atomic E-state index is -0.406. The first-order chi connectivity index (χ1) is 11.0. The fourth-order valence-electron chi connectivity index (χ4n) is 2.00. The van der Waals surface area contributed by atoms with Crippen LogP contribution in [0.25, 0.3) is 0 Å². The lowest BCUT2D eigenvalue weighted by Gasteiger charge is -2.08. The highest BCUT2D eigenvalue weighted by atomic mass is 16.2. The summed E-state index contributed by atoms with van der Waals surface area (Å²) in [5, 5.41) is 14.0. The van der Waals surface area contributed by atoms with Crippen molar-refractivity contribution in [2.24, 2.45) is 0 Å². The van der Waals surface area contributed by atoms with E-state index in [4.69, 9.17) is 5.26 Å². The van der Waals surface area contributed by atoms with E-state index in [9.17, 15) is 9.59 Å². The second kappa shape index (κ2) is 7.23. The van der Waals surface area contributed by atoms with Gasteiger partial charge in [0.25, 0.3) is 0 Å². The number of hydrogen-bond donors (Lipinski definition) is 2. The van der Waals surface area contributed by atoms with Crippen LogP contribution < -0.4 is 10.6 Å². The van der Waals surface area contributed by atoms with E-state index in [1.54, 1.807) is 30.3 Å². The van der Waals surface area contributed by atoms with Crippen LogP contribution >= 0.6 is 0 Å². The Morgan fingerprint density at radius 3 is 2.04 bits per heavy atom. The molecule has 2 amide bonds. The van der Waals surface area contributed by atoms with Crippen LogP contribution in [0.3, 0.4) is 0 Å². The van der Waals surface area contributed by atoms with Gasteiger partial charge >= 0.3 is 0 Å². The zero-order valence-electron chi connectivity index (χ0n) is 13.0. The van der Waals surface area contributed by atoms with Gasteiger partial charge in [-0.05, 0) is 61.4 Å². The molecule has 5 heteroatoms. The molecule has 0 aliphatic rings. The van der Waals surface area contributed by atoms with Crippen molar-refractivity contribution in [3.05, 3.63) is 59.2 Å². The van der Waals surface area contributed by atoms with Crippen molar-refractivity contribution in [1.29, 1.82) is 5.26 Å². The maximum Gasteiger partial charge on any atom is 0.233 e. The van der Waals surface area contributed by atoms with Gasteiger partial charge in [-0.2, -0.15) is 5.26 Å². The average Bonchev–Trinajstić information content (AvgIpc) is 2.51. The fraction of sp³-hybridized carbons (Fsp3) is 0.167. The Kier molecular flexibility index (Phi) is 5.11. The SMILES string of the molecule is Cc1ccc(NC(=O)CC(=O)Nc2ccc(C#N)cc2)cc1C. The number of nitriles is 1. The van der Waals surface area contributed by atoms with Crippen molar-refractivity contribution >= 4 is 23.2 Å². The van der Waals surface area contributed by atoms with E-state index in [0.717, 1.165) is 11.1 Å². The summed E-state index contributed by atoms with van der Waals surface area (Å²) in [6.45, 7) is 3.95. The van der Waals surface area contributed by atoms with Crippen LogP contribution in [0, 0.1) is 25.2 Å². The molecule has 23 heavy (non-hydrogen) atoms. The number of carbonyl (C=O) groups excluding carboxylic acids is 2. The standard InChI is InChI=1S/C18H17N3O2/c1-12-3-6-16(9-13(12)2)21-18(23)10-17(22)20-15-7-4-14(11-19)5-8-15/h3-9H,10H2,1-2H3,(H,20,22)(H,21,23). The van der Waals surface area contributed by atoms with Gasteiger partial charge in [0.1, 0.15) is 6.42 Å². The van der Waals surface area contributed by atoms with E-state index in [1.807, 2.05) is 32.0 Å². The number of aryl methyl sites for hydroxylation is 2. The molecule has 0 aliphatic carbocycles. The molecule has 0 heterocycles. The molecule has 0 radical (unpaired) electrons. The lowest BCUT2D eigenvalue weighted by molar-refractivity contribution is -0.123. The van der Waals surface area contributed by atoms with Crippen LogP contribution in [0.2, 0.25) is 0 Å². The van der Waals surface area contributed by atoms with Crippen molar-refractivity contribution in [2.75, 3.05) is 10.6 Å². The molecule has 2 aromatic carbocycles. The maximum atomic E-state index is 11.9. The van der Waals surface area contributed by atoms with Crippen LogP contribution in [0.4, 0.5) is 11.4 Å². The normalized spacial score (nSPS) is 9.78. The van der Waals surface area contributed by atoms with E-state index < -0.39 is 5.91 Å². The lowest BCUT2D eigenvalue weighted by Crippen LogP contribution is -2.21. The molecule has 0 bridgehead atoms. The zero-order valence-corrected chi connectivity index (χ0v) is 13.0. The third-order valence-corrected chi connectivity index (χ3v) is 3.41. The molecule has 0 atom stereocenters. The Bertz CT molecular complexity index is 774. The Labute approximate surface area is 134 Å². The van der Waals surface area contributed by atoms with E-state index in [0.29, 0.717) is 16.9 Å². The van der Waals surface area contributed by atoms with E-state index >= 15 is 0 Å². The number of benzene rings is 2. The number of amides is 2. The highest BCUT2D eigenvalue weighted by Crippen LogP contribution is 2.14. The second-order valence-corrected chi connectivity index (χ2v) is 5.26. The van der Waals surface area contributed by atoms with E-state index in [-0.39, 0.29) is 12.3 Å². The van der Waals surface area contributed by atoms with Gasteiger partial charge in [0.2, 0.25) is 11.8 Å². The molecule has 0 fully saturated rings. The Morgan fingerprint density at radius 2 is 1.48 bits per heavy atom. The molecule has 0 unspecified atom stereocenters. The minimum Gasteiger partial charge on any atom is -0.326 e. The summed E-state index contributed by atoms with van der Waals surface area (Å²) < 4.78 is 0. The fourth-order valence-corrected chi connectivity index (χ4v) is 2.00.